The zero-order chi connectivity index (χ0) is 30.8. The Bertz CT molecular complexity index is 2390. The lowest BCUT2D eigenvalue weighted by Gasteiger charge is -2.22. The van der Waals surface area contributed by atoms with Crippen molar-refractivity contribution in [3.8, 4) is 56.5 Å². The molecule has 5 aromatic carbocycles. The molecule has 0 amide bonds. The Morgan fingerprint density at radius 3 is 1.72 bits per heavy atom. The fourth-order valence-corrected chi connectivity index (χ4v) is 6.69. The van der Waals surface area contributed by atoms with Crippen LogP contribution in [0.1, 0.15) is 25.0 Å². The van der Waals surface area contributed by atoms with Gasteiger partial charge in [0.05, 0.1) is 0 Å². The molecule has 0 unspecified atom stereocenters. The van der Waals surface area contributed by atoms with Gasteiger partial charge in [0.25, 0.3) is 0 Å². The van der Waals surface area contributed by atoms with Gasteiger partial charge in [0.2, 0.25) is 0 Å². The van der Waals surface area contributed by atoms with Gasteiger partial charge in [0, 0.05) is 33.1 Å². The third kappa shape index (κ3) is 4.07. The van der Waals surface area contributed by atoms with E-state index in [2.05, 4.69) is 60.2 Å². The number of rotatable bonds is 4. The minimum Gasteiger partial charge on any atom is -0.452 e. The van der Waals surface area contributed by atoms with Crippen molar-refractivity contribution in [1.29, 1.82) is 0 Å². The molecule has 3 heterocycles. The van der Waals surface area contributed by atoms with Gasteiger partial charge < -0.3 is 4.42 Å². The zero-order valence-corrected chi connectivity index (χ0v) is 25.3. The number of nitrogens with zero attached hydrogens (tertiary/aromatic N) is 5. The van der Waals surface area contributed by atoms with Gasteiger partial charge >= 0.3 is 0 Å². The fraction of sp³-hybridized carbons (Fsp3) is 0.0750. The van der Waals surface area contributed by atoms with Crippen molar-refractivity contribution >= 4 is 22.1 Å². The molecular formula is C40H27N5O. The van der Waals surface area contributed by atoms with E-state index < -0.39 is 0 Å². The largest absolute Gasteiger partial charge is 0.452 e. The molecule has 0 fully saturated rings. The van der Waals surface area contributed by atoms with Gasteiger partial charge in [-0.05, 0) is 46.5 Å². The molecule has 0 bridgehead atoms. The van der Waals surface area contributed by atoms with Crippen LogP contribution in [0.2, 0.25) is 0 Å². The Kier molecular flexibility index (Phi) is 5.74. The monoisotopic (exact) mass is 593 g/mol. The lowest BCUT2D eigenvalue weighted by atomic mass is 9.81. The van der Waals surface area contributed by atoms with E-state index in [-0.39, 0.29) is 5.41 Å². The summed E-state index contributed by atoms with van der Waals surface area (Å²) in [6.07, 6.45) is 1.63. The first kappa shape index (κ1) is 26.4. The van der Waals surface area contributed by atoms with E-state index in [1.807, 2.05) is 84.9 Å². The van der Waals surface area contributed by atoms with E-state index in [4.69, 9.17) is 19.4 Å². The van der Waals surface area contributed by atoms with Crippen molar-refractivity contribution in [3.63, 3.8) is 0 Å². The number of aromatic nitrogens is 5. The first-order valence-corrected chi connectivity index (χ1v) is 15.3. The number of benzene rings is 5. The highest BCUT2D eigenvalue weighted by Gasteiger charge is 2.36. The summed E-state index contributed by atoms with van der Waals surface area (Å²) in [5.41, 5.74) is 11.6. The number of fused-ring (bicyclic) bond motifs is 6. The molecule has 3 aromatic heterocycles. The van der Waals surface area contributed by atoms with Crippen LogP contribution in [0.3, 0.4) is 0 Å². The highest BCUT2D eigenvalue weighted by atomic mass is 16.3. The maximum absolute atomic E-state index is 6.28. The molecule has 0 aliphatic heterocycles. The van der Waals surface area contributed by atoms with E-state index in [0.29, 0.717) is 23.1 Å². The zero-order valence-electron chi connectivity index (χ0n) is 25.3. The first-order chi connectivity index (χ1) is 22.5. The van der Waals surface area contributed by atoms with Crippen LogP contribution in [0, 0.1) is 0 Å². The SMILES string of the molecule is CC1(C)c2cc(-c3nc(-c4ccccc4)nc(-c4ccccc4)n3)ccc2-c2ccc(-c3ncnc4c3oc3ccccc34)cc21. The second-order valence-electron chi connectivity index (χ2n) is 12.2. The molecular weight excluding hydrogens is 566 g/mol. The molecule has 0 atom stereocenters. The molecule has 0 radical (unpaired) electrons. The molecule has 9 rings (SSSR count). The van der Waals surface area contributed by atoms with Crippen LogP contribution in [-0.4, -0.2) is 24.9 Å². The Hall–Kier alpha value is -6.01. The van der Waals surface area contributed by atoms with Crippen molar-refractivity contribution in [2.75, 3.05) is 0 Å². The lowest BCUT2D eigenvalue weighted by molar-refractivity contribution is 0.660. The Morgan fingerprint density at radius 2 is 1.07 bits per heavy atom. The van der Waals surface area contributed by atoms with Crippen LogP contribution < -0.4 is 0 Å². The van der Waals surface area contributed by atoms with Gasteiger partial charge in [-0.25, -0.2) is 24.9 Å². The number of para-hydroxylation sites is 1. The van der Waals surface area contributed by atoms with Crippen LogP contribution in [0.4, 0.5) is 0 Å². The Balaban J connectivity index is 1.16. The van der Waals surface area contributed by atoms with Gasteiger partial charge in [-0.1, -0.05) is 111 Å². The summed E-state index contributed by atoms with van der Waals surface area (Å²) in [4.78, 5) is 24.1. The van der Waals surface area contributed by atoms with Gasteiger partial charge in [-0.3, -0.25) is 0 Å². The van der Waals surface area contributed by atoms with Crippen LogP contribution in [0.15, 0.2) is 132 Å². The number of furan rings is 1. The molecule has 46 heavy (non-hydrogen) atoms. The topological polar surface area (TPSA) is 77.6 Å². The molecule has 1 aliphatic carbocycles. The normalized spacial score (nSPS) is 13.2. The van der Waals surface area contributed by atoms with Crippen molar-refractivity contribution in [2.24, 2.45) is 0 Å². The molecule has 218 valence electrons. The van der Waals surface area contributed by atoms with Gasteiger partial charge in [0.1, 0.15) is 23.1 Å². The third-order valence-corrected chi connectivity index (χ3v) is 9.07. The van der Waals surface area contributed by atoms with Crippen LogP contribution >= 0.6 is 0 Å². The summed E-state index contributed by atoms with van der Waals surface area (Å²) < 4.78 is 6.28. The Morgan fingerprint density at radius 1 is 0.522 bits per heavy atom. The predicted octanol–water partition coefficient (Wildman–Crippen LogP) is 9.54. The number of hydrogen-bond acceptors (Lipinski definition) is 6. The minimum absolute atomic E-state index is 0.270. The predicted molar refractivity (Wildman–Crippen MR) is 182 cm³/mol. The molecule has 0 saturated heterocycles. The maximum Gasteiger partial charge on any atom is 0.180 e. The average molecular weight is 594 g/mol. The van der Waals surface area contributed by atoms with Gasteiger partial charge in [-0.2, -0.15) is 0 Å². The lowest BCUT2D eigenvalue weighted by Crippen LogP contribution is -2.15. The third-order valence-electron chi connectivity index (χ3n) is 9.07. The highest BCUT2D eigenvalue weighted by molar-refractivity contribution is 6.06. The maximum atomic E-state index is 6.28. The standard InChI is InChI=1S/C40H27N5O/c1-40(2)31-21-26(34-36-35(42-23-41-34)30-15-9-10-16-33(30)46-36)17-19-28(31)29-20-18-27(22-32(29)40)39-44-37(24-11-5-3-6-12-24)43-38(45-39)25-13-7-4-8-14-25/h3-23H,1-2H3. The van der Waals surface area contributed by atoms with Gasteiger partial charge in [-0.15, -0.1) is 0 Å². The summed E-state index contributed by atoms with van der Waals surface area (Å²) in [7, 11) is 0. The van der Waals surface area contributed by atoms with E-state index in [0.717, 1.165) is 44.4 Å². The molecule has 0 N–H and O–H groups in total. The van der Waals surface area contributed by atoms with E-state index in [1.54, 1.807) is 6.33 Å². The molecule has 1 aliphatic rings. The summed E-state index contributed by atoms with van der Waals surface area (Å²) >= 11 is 0. The van der Waals surface area contributed by atoms with Crippen LogP contribution in [-0.2, 0) is 5.41 Å². The van der Waals surface area contributed by atoms with Gasteiger partial charge in [0.15, 0.2) is 23.1 Å². The van der Waals surface area contributed by atoms with E-state index in [1.165, 1.54) is 22.3 Å². The summed E-state index contributed by atoms with van der Waals surface area (Å²) in [5, 5.41) is 0.992. The average Bonchev–Trinajstić information content (AvgIpc) is 3.60. The molecule has 6 heteroatoms. The molecule has 0 saturated carbocycles. The number of hydrogen-bond donors (Lipinski definition) is 0. The molecule has 6 nitrogen and oxygen atoms in total. The summed E-state index contributed by atoms with van der Waals surface area (Å²) in [6.45, 7) is 4.56. The van der Waals surface area contributed by atoms with Crippen molar-refractivity contribution in [2.45, 2.75) is 19.3 Å². The summed E-state index contributed by atoms with van der Waals surface area (Å²) in [5.74, 6) is 1.95. The van der Waals surface area contributed by atoms with Crippen molar-refractivity contribution < 1.29 is 4.42 Å². The quantitative estimate of drug-likeness (QED) is 0.202. The Labute approximate surface area is 265 Å². The first-order valence-electron chi connectivity index (χ1n) is 15.3. The minimum atomic E-state index is -0.270. The fourth-order valence-electron chi connectivity index (χ4n) is 6.69. The molecule has 8 aromatic rings. The summed E-state index contributed by atoms with van der Waals surface area (Å²) in [6, 6.07) is 41.3. The van der Waals surface area contributed by atoms with E-state index in [9.17, 15) is 0 Å². The van der Waals surface area contributed by atoms with E-state index >= 15 is 0 Å². The second-order valence-corrected chi connectivity index (χ2v) is 12.2. The second kappa shape index (κ2) is 10.0. The smallest absolute Gasteiger partial charge is 0.180 e. The van der Waals surface area contributed by atoms with Crippen molar-refractivity contribution in [1.82, 2.24) is 24.9 Å². The van der Waals surface area contributed by atoms with Crippen LogP contribution in [0.25, 0.3) is 78.6 Å². The highest BCUT2D eigenvalue weighted by Crippen LogP contribution is 2.50. The van der Waals surface area contributed by atoms with Crippen LogP contribution in [0.5, 0.6) is 0 Å². The van der Waals surface area contributed by atoms with Crippen molar-refractivity contribution in [3.05, 3.63) is 139 Å². The molecule has 0 spiro atoms.